The van der Waals surface area contributed by atoms with Gasteiger partial charge in [0.2, 0.25) is 11.8 Å². The molecule has 1 rings (SSSR count). The highest BCUT2D eigenvalue weighted by atomic mass is 32.2. The second-order valence-electron chi connectivity index (χ2n) is 5.68. The third-order valence-electron chi connectivity index (χ3n) is 3.72. The van der Waals surface area contributed by atoms with Crippen LogP contribution in [-0.2, 0) is 19.4 Å². The fourth-order valence-corrected chi connectivity index (χ4v) is 3.95. The molecule has 1 fully saturated rings. The maximum absolute atomic E-state index is 12.3. The Bertz CT molecular complexity index is 481. The van der Waals surface area contributed by atoms with E-state index >= 15 is 0 Å². The van der Waals surface area contributed by atoms with E-state index in [1.165, 1.54) is 0 Å². The highest BCUT2D eigenvalue weighted by Crippen LogP contribution is 2.21. The summed E-state index contributed by atoms with van der Waals surface area (Å²) < 4.78 is 22.8. The molecule has 1 saturated heterocycles. The van der Waals surface area contributed by atoms with E-state index in [0.29, 0.717) is 19.5 Å². The van der Waals surface area contributed by atoms with E-state index in [-0.39, 0.29) is 23.5 Å². The van der Waals surface area contributed by atoms with E-state index in [9.17, 15) is 18.0 Å². The zero-order chi connectivity index (χ0) is 15.6. The SMILES string of the molecule is CCN(CC)C(=O)C(C)(C)C(=O)NC1CCS(=O)(=O)C1. The van der Waals surface area contributed by atoms with Crippen molar-refractivity contribution in [3.05, 3.63) is 0 Å². The van der Waals surface area contributed by atoms with Gasteiger partial charge in [-0.2, -0.15) is 0 Å². The van der Waals surface area contributed by atoms with E-state index in [2.05, 4.69) is 5.32 Å². The van der Waals surface area contributed by atoms with Gasteiger partial charge in [-0.1, -0.05) is 0 Å². The predicted molar refractivity (Wildman–Crippen MR) is 76.9 cm³/mol. The van der Waals surface area contributed by atoms with Gasteiger partial charge in [0.1, 0.15) is 5.41 Å². The molecular weight excluding hydrogens is 280 g/mol. The summed E-state index contributed by atoms with van der Waals surface area (Å²) in [5.41, 5.74) is -1.18. The zero-order valence-corrected chi connectivity index (χ0v) is 13.4. The molecule has 0 radical (unpaired) electrons. The largest absolute Gasteiger partial charge is 0.351 e. The first-order chi connectivity index (χ1) is 9.14. The number of rotatable bonds is 5. The van der Waals surface area contributed by atoms with Crippen molar-refractivity contribution in [3.63, 3.8) is 0 Å². The van der Waals surface area contributed by atoms with Crippen LogP contribution in [0.4, 0.5) is 0 Å². The maximum atomic E-state index is 12.3. The Kier molecular flexibility index (Phi) is 5.18. The van der Waals surface area contributed by atoms with Crippen LogP contribution < -0.4 is 5.32 Å². The van der Waals surface area contributed by atoms with Crippen molar-refractivity contribution in [2.75, 3.05) is 24.6 Å². The van der Waals surface area contributed by atoms with Crippen LogP contribution in [0.3, 0.4) is 0 Å². The van der Waals surface area contributed by atoms with Gasteiger partial charge >= 0.3 is 0 Å². The minimum Gasteiger partial charge on any atom is -0.351 e. The number of hydrogen-bond acceptors (Lipinski definition) is 4. The van der Waals surface area contributed by atoms with Crippen molar-refractivity contribution < 1.29 is 18.0 Å². The fraction of sp³-hybridized carbons (Fsp3) is 0.846. The normalized spacial score (nSPS) is 21.5. The lowest BCUT2D eigenvalue weighted by Gasteiger charge is -2.30. The van der Waals surface area contributed by atoms with Gasteiger partial charge in [0.25, 0.3) is 0 Å². The van der Waals surface area contributed by atoms with Gasteiger partial charge in [-0.25, -0.2) is 8.42 Å². The van der Waals surface area contributed by atoms with Gasteiger partial charge in [-0.05, 0) is 34.1 Å². The number of nitrogens with one attached hydrogen (secondary N) is 1. The van der Waals surface area contributed by atoms with E-state index < -0.39 is 21.2 Å². The fourth-order valence-electron chi connectivity index (χ4n) is 2.28. The molecule has 0 saturated carbocycles. The molecule has 1 unspecified atom stereocenters. The third kappa shape index (κ3) is 3.71. The van der Waals surface area contributed by atoms with Crippen molar-refractivity contribution in [2.45, 2.75) is 40.2 Å². The average molecular weight is 304 g/mol. The summed E-state index contributed by atoms with van der Waals surface area (Å²) in [6, 6.07) is -0.378. The Labute approximate surface area is 120 Å². The van der Waals surface area contributed by atoms with Gasteiger partial charge in [0.15, 0.2) is 9.84 Å². The monoisotopic (exact) mass is 304 g/mol. The predicted octanol–water partition coefficient (Wildman–Crippen LogP) is 0.184. The Morgan fingerprint density at radius 3 is 2.20 bits per heavy atom. The standard InChI is InChI=1S/C13H24N2O4S/c1-5-15(6-2)12(17)13(3,4)11(16)14-10-7-8-20(18,19)9-10/h10H,5-9H2,1-4H3,(H,14,16). The lowest BCUT2D eigenvalue weighted by atomic mass is 9.89. The molecule has 1 aliphatic rings. The summed E-state index contributed by atoms with van der Waals surface area (Å²) in [6.07, 6.45) is 0.420. The molecule has 0 spiro atoms. The molecular formula is C13H24N2O4S. The molecule has 20 heavy (non-hydrogen) atoms. The second-order valence-corrected chi connectivity index (χ2v) is 7.90. The molecule has 0 bridgehead atoms. The topological polar surface area (TPSA) is 83.6 Å². The maximum Gasteiger partial charge on any atom is 0.237 e. The zero-order valence-electron chi connectivity index (χ0n) is 12.6. The quantitative estimate of drug-likeness (QED) is 0.735. The van der Waals surface area contributed by atoms with Crippen LogP contribution >= 0.6 is 0 Å². The minimum atomic E-state index is -3.04. The summed E-state index contributed by atoms with van der Waals surface area (Å²) in [5.74, 6) is -0.575. The Balaban J connectivity index is 2.72. The van der Waals surface area contributed by atoms with E-state index in [4.69, 9.17) is 0 Å². The first kappa shape index (κ1) is 16.9. The van der Waals surface area contributed by atoms with Crippen LogP contribution in [0.2, 0.25) is 0 Å². The summed E-state index contributed by atoms with van der Waals surface area (Å²) in [6.45, 7) is 7.96. The third-order valence-corrected chi connectivity index (χ3v) is 5.49. The van der Waals surface area contributed by atoms with E-state index in [0.717, 1.165) is 0 Å². The number of carbonyl (C=O) groups is 2. The average Bonchev–Trinajstić information content (AvgIpc) is 2.69. The van der Waals surface area contributed by atoms with Crippen LogP contribution in [0, 0.1) is 5.41 Å². The van der Waals surface area contributed by atoms with Gasteiger partial charge in [-0.15, -0.1) is 0 Å². The van der Waals surface area contributed by atoms with Crippen molar-refractivity contribution >= 4 is 21.7 Å². The van der Waals surface area contributed by atoms with Crippen molar-refractivity contribution in [1.82, 2.24) is 10.2 Å². The number of hydrogen-bond donors (Lipinski definition) is 1. The van der Waals surface area contributed by atoms with Gasteiger partial charge in [0, 0.05) is 19.1 Å². The molecule has 1 aliphatic heterocycles. The first-order valence-corrected chi connectivity index (χ1v) is 8.77. The van der Waals surface area contributed by atoms with Gasteiger partial charge in [-0.3, -0.25) is 9.59 Å². The summed E-state index contributed by atoms with van der Waals surface area (Å²) >= 11 is 0. The number of carbonyl (C=O) groups excluding carboxylic acids is 2. The lowest BCUT2D eigenvalue weighted by molar-refractivity contribution is -0.148. The highest BCUT2D eigenvalue weighted by molar-refractivity contribution is 7.91. The van der Waals surface area contributed by atoms with Gasteiger partial charge < -0.3 is 10.2 Å². The molecule has 1 heterocycles. The van der Waals surface area contributed by atoms with E-state index in [1.54, 1.807) is 18.7 Å². The van der Waals surface area contributed by atoms with Crippen LogP contribution in [0.1, 0.15) is 34.1 Å². The molecule has 0 aliphatic carbocycles. The first-order valence-electron chi connectivity index (χ1n) is 6.94. The Morgan fingerprint density at radius 1 is 1.25 bits per heavy atom. The van der Waals surface area contributed by atoms with Crippen molar-refractivity contribution in [3.8, 4) is 0 Å². The number of nitrogens with zero attached hydrogens (tertiary/aromatic N) is 1. The van der Waals surface area contributed by atoms with Crippen molar-refractivity contribution in [1.29, 1.82) is 0 Å². The molecule has 1 atom stereocenters. The van der Waals surface area contributed by atoms with Crippen LogP contribution in [-0.4, -0.2) is 55.8 Å². The van der Waals surface area contributed by atoms with E-state index in [1.807, 2.05) is 13.8 Å². The van der Waals surface area contributed by atoms with Gasteiger partial charge in [0.05, 0.1) is 11.5 Å². The molecule has 116 valence electrons. The van der Waals surface area contributed by atoms with Crippen LogP contribution in [0.5, 0.6) is 0 Å². The molecule has 2 amide bonds. The number of amides is 2. The minimum absolute atomic E-state index is 0.0335. The molecule has 0 aromatic heterocycles. The molecule has 0 aromatic carbocycles. The summed E-state index contributed by atoms with van der Waals surface area (Å²) in [4.78, 5) is 26.2. The van der Waals surface area contributed by atoms with Crippen molar-refractivity contribution in [2.24, 2.45) is 5.41 Å². The summed E-state index contributed by atoms with van der Waals surface area (Å²) in [5, 5.41) is 2.69. The highest BCUT2D eigenvalue weighted by Gasteiger charge is 2.40. The van der Waals surface area contributed by atoms with Crippen LogP contribution in [0.15, 0.2) is 0 Å². The molecule has 0 aromatic rings. The molecule has 7 heteroatoms. The Morgan fingerprint density at radius 2 is 1.80 bits per heavy atom. The molecule has 1 N–H and O–H groups in total. The Hall–Kier alpha value is -1.11. The second kappa shape index (κ2) is 6.11. The lowest BCUT2D eigenvalue weighted by Crippen LogP contribution is -2.51. The molecule has 6 nitrogen and oxygen atoms in total. The number of sulfone groups is 1. The smallest absolute Gasteiger partial charge is 0.237 e. The summed E-state index contributed by atoms with van der Waals surface area (Å²) in [7, 11) is -3.04. The van der Waals surface area contributed by atoms with Crippen LogP contribution in [0.25, 0.3) is 0 Å².